The summed E-state index contributed by atoms with van der Waals surface area (Å²) in [5, 5.41) is 2.97. The molecule has 0 saturated carbocycles. The Hall–Kier alpha value is -1.62. The number of amides is 1. The first kappa shape index (κ1) is 16.2. The maximum atomic E-state index is 12.4. The molecule has 0 spiro atoms. The van der Waals surface area contributed by atoms with Crippen LogP contribution in [0.2, 0.25) is 0 Å². The van der Waals surface area contributed by atoms with Gasteiger partial charge in [0.25, 0.3) is 5.91 Å². The minimum absolute atomic E-state index is 0.0556. The highest BCUT2D eigenvalue weighted by Crippen LogP contribution is 2.26. The molecule has 0 aliphatic carbocycles. The van der Waals surface area contributed by atoms with Gasteiger partial charge in [-0.05, 0) is 44.6 Å². The number of nitrogens with zero attached hydrogens (tertiary/aromatic N) is 2. The molecular formula is C18H27N3O2. The van der Waals surface area contributed by atoms with E-state index in [9.17, 15) is 4.79 Å². The Morgan fingerprint density at radius 3 is 3.04 bits per heavy atom. The van der Waals surface area contributed by atoms with Crippen molar-refractivity contribution in [2.24, 2.45) is 0 Å². The largest absolute Gasteiger partial charge is 0.376 e. The third-order valence-corrected chi connectivity index (χ3v) is 4.93. The maximum Gasteiger partial charge on any atom is 0.253 e. The Morgan fingerprint density at radius 2 is 2.26 bits per heavy atom. The van der Waals surface area contributed by atoms with Gasteiger partial charge in [0.05, 0.1) is 23.6 Å². The van der Waals surface area contributed by atoms with Crippen molar-refractivity contribution in [2.75, 3.05) is 24.6 Å². The van der Waals surface area contributed by atoms with Crippen LogP contribution in [0.5, 0.6) is 0 Å². The molecule has 5 heteroatoms. The zero-order chi connectivity index (χ0) is 16.1. The van der Waals surface area contributed by atoms with Gasteiger partial charge in [-0.25, -0.2) is 0 Å². The van der Waals surface area contributed by atoms with E-state index in [4.69, 9.17) is 4.74 Å². The zero-order valence-electron chi connectivity index (χ0n) is 14.0. The van der Waals surface area contributed by atoms with Gasteiger partial charge < -0.3 is 15.0 Å². The first-order chi connectivity index (χ1) is 11.3. The Morgan fingerprint density at radius 1 is 1.35 bits per heavy atom. The van der Waals surface area contributed by atoms with Crippen molar-refractivity contribution < 1.29 is 9.53 Å². The lowest BCUT2D eigenvalue weighted by molar-refractivity contribution is 0.0857. The number of hydrogen-bond acceptors (Lipinski definition) is 4. The van der Waals surface area contributed by atoms with Crippen LogP contribution in [0.25, 0.3) is 0 Å². The monoisotopic (exact) mass is 317 g/mol. The van der Waals surface area contributed by atoms with E-state index in [0.717, 1.165) is 38.1 Å². The van der Waals surface area contributed by atoms with Crippen molar-refractivity contribution in [3.63, 3.8) is 0 Å². The second kappa shape index (κ2) is 7.77. The van der Waals surface area contributed by atoms with Gasteiger partial charge >= 0.3 is 0 Å². The van der Waals surface area contributed by atoms with E-state index in [0.29, 0.717) is 18.2 Å². The number of ether oxygens (including phenoxy) is 1. The minimum Gasteiger partial charge on any atom is -0.376 e. The molecule has 2 unspecified atom stereocenters. The Bertz CT molecular complexity index is 529. The number of aromatic nitrogens is 1. The number of piperidine rings is 1. The summed E-state index contributed by atoms with van der Waals surface area (Å²) < 4.78 is 5.55. The van der Waals surface area contributed by atoms with Crippen LogP contribution >= 0.6 is 0 Å². The van der Waals surface area contributed by atoms with Gasteiger partial charge in [0.1, 0.15) is 0 Å². The van der Waals surface area contributed by atoms with E-state index >= 15 is 0 Å². The van der Waals surface area contributed by atoms with Gasteiger partial charge in [-0.2, -0.15) is 0 Å². The van der Waals surface area contributed by atoms with Crippen LogP contribution in [0.4, 0.5) is 5.69 Å². The van der Waals surface area contributed by atoms with Crippen LogP contribution in [-0.2, 0) is 4.74 Å². The summed E-state index contributed by atoms with van der Waals surface area (Å²) >= 11 is 0. The maximum absolute atomic E-state index is 12.4. The Balaban J connectivity index is 1.64. The van der Waals surface area contributed by atoms with Crippen LogP contribution < -0.4 is 10.2 Å². The number of rotatable bonds is 5. The minimum atomic E-state index is -0.0556. The molecule has 2 saturated heterocycles. The third kappa shape index (κ3) is 4.02. The van der Waals surface area contributed by atoms with Gasteiger partial charge in [-0.3, -0.25) is 9.78 Å². The molecule has 126 valence electrons. The summed E-state index contributed by atoms with van der Waals surface area (Å²) in [4.78, 5) is 19.1. The number of hydrogen-bond donors (Lipinski definition) is 1. The van der Waals surface area contributed by atoms with Crippen LogP contribution in [0.1, 0.15) is 55.8 Å². The summed E-state index contributed by atoms with van der Waals surface area (Å²) in [5.74, 6) is -0.0556. The summed E-state index contributed by atoms with van der Waals surface area (Å²) in [7, 11) is 0. The summed E-state index contributed by atoms with van der Waals surface area (Å²) in [6, 6.07) is 2.54. The third-order valence-electron chi connectivity index (χ3n) is 4.93. The number of nitrogens with one attached hydrogen (secondary N) is 1. The van der Waals surface area contributed by atoms with Crippen LogP contribution in [0.3, 0.4) is 0 Å². The average molecular weight is 317 g/mol. The van der Waals surface area contributed by atoms with Crippen molar-refractivity contribution in [1.82, 2.24) is 10.3 Å². The fraction of sp³-hybridized carbons (Fsp3) is 0.667. The van der Waals surface area contributed by atoms with Crippen LogP contribution in [0, 0.1) is 0 Å². The van der Waals surface area contributed by atoms with E-state index in [1.165, 1.54) is 19.3 Å². The predicted molar refractivity (Wildman–Crippen MR) is 90.8 cm³/mol. The van der Waals surface area contributed by atoms with Gasteiger partial charge in [-0.1, -0.05) is 6.92 Å². The average Bonchev–Trinajstić information content (AvgIpc) is 3.13. The molecule has 3 heterocycles. The molecule has 0 radical (unpaired) electrons. The van der Waals surface area contributed by atoms with E-state index in [-0.39, 0.29) is 12.0 Å². The van der Waals surface area contributed by atoms with Crippen LogP contribution in [-0.4, -0.2) is 42.7 Å². The lowest BCUT2D eigenvalue weighted by atomic mass is 9.99. The molecule has 1 N–H and O–H groups in total. The molecule has 2 aliphatic heterocycles. The van der Waals surface area contributed by atoms with E-state index in [2.05, 4.69) is 22.1 Å². The summed E-state index contributed by atoms with van der Waals surface area (Å²) in [5.41, 5.74) is 1.71. The standard InChI is InChI=1S/C18H27N3O2/c1-2-15-6-3-4-8-21(15)16-10-14(11-19-12-16)18(22)20-13-17-7-5-9-23-17/h10-12,15,17H,2-9,13H2,1H3,(H,20,22). The normalized spacial score (nSPS) is 24.7. The van der Waals surface area contributed by atoms with E-state index < -0.39 is 0 Å². The van der Waals surface area contributed by atoms with E-state index in [1.54, 1.807) is 6.20 Å². The number of carbonyl (C=O) groups excluding carboxylic acids is 1. The van der Waals surface area contributed by atoms with Crippen molar-refractivity contribution in [1.29, 1.82) is 0 Å². The second-order valence-corrected chi connectivity index (χ2v) is 6.53. The molecule has 1 aromatic heterocycles. The van der Waals surface area contributed by atoms with Crippen molar-refractivity contribution in [3.05, 3.63) is 24.0 Å². The highest BCUT2D eigenvalue weighted by molar-refractivity contribution is 5.94. The molecule has 2 atom stereocenters. The van der Waals surface area contributed by atoms with Gasteiger partial charge in [0, 0.05) is 31.9 Å². The fourth-order valence-electron chi connectivity index (χ4n) is 3.59. The van der Waals surface area contributed by atoms with Gasteiger partial charge in [0.2, 0.25) is 0 Å². The van der Waals surface area contributed by atoms with Crippen LogP contribution in [0.15, 0.2) is 18.5 Å². The first-order valence-electron chi connectivity index (χ1n) is 8.89. The predicted octanol–water partition coefficient (Wildman–Crippen LogP) is 2.76. The number of pyridine rings is 1. The molecule has 1 aromatic rings. The quantitative estimate of drug-likeness (QED) is 0.907. The smallest absolute Gasteiger partial charge is 0.253 e. The fourth-order valence-corrected chi connectivity index (χ4v) is 3.59. The van der Waals surface area contributed by atoms with Crippen molar-refractivity contribution in [3.8, 4) is 0 Å². The highest BCUT2D eigenvalue weighted by Gasteiger charge is 2.22. The molecule has 23 heavy (non-hydrogen) atoms. The number of anilines is 1. The lowest BCUT2D eigenvalue weighted by Gasteiger charge is -2.37. The topological polar surface area (TPSA) is 54.5 Å². The molecule has 2 aliphatic rings. The molecule has 3 rings (SSSR count). The summed E-state index contributed by atoms with van der Waals surface area (Å²) in [6.45, 7) is 4.69. The molecule has 0 bridgehead atoms. The Kier molecular flexibility index (Phi) is 5.49. The van der Waals surface area contributed by atoms with Crippen molar-refractivity contribution >= 4 is 11.6 Å². The molecular weight excluding hydrogens is 290 g/mol. The lowest BCUT2D eigenvalue weighted by Crippen LogP contribution is -2.39. The molecule has 5 nitrogen and oxygen atoms in total. The first-order valence-corrected chi connectivity index (χ1v) is 8.89. The SMILES string of the molecule is CCC1CCCCN1c1cncc(C(=O)NCC2CCCO2)c1. The van der Waals surface area contributed by atoms with Gasteiger partial charge in [0.15, 0.2) is 0 Å². The highest BCUT2D eigenvalue weighted by atomic mass is 16.5. The zero-order valence-corrected chi connectivity index (χ0v) is 14.0. The Labute approximate surface area is 138 Å². The second-order valence-electron chi connectivity index (χ2n) is 6.53. The summed E-state index contributed by atoms with van der Waals surface area (Å²) in [6.07, 6.45) is 10.7. The molecule has 2 fully saturated rings. The number of carbonyl (C=O) groups is 1. The van der Waals surface area contributed by atoms with Crippen molar-refractivity contribution in [2.45, 2.75) is 57.6 Å². The molecule has 0 aromatic carbocycles. The van der Waals surface area contributed by atoms with E-state index in [1.807, 2.05) is 12.3 Å². The molecule has 1 amide bonds. The van der Waals surface area contributed by atoms with Gasteiger partial charge in [-0.15, -0.1) is 0 Å².